The number of hydrogen-bond donors (Lipinski definition) is 0. The standard InChI is InChI=1S/C21H36O2/c1-7-21(22)23-20(6)16-10-15-19(5)14-9-13-18(4)12-8-11-17(2)3/h11,13,15,20H,7-10,12,14,16H2,1-6H3. The molecule has 0 saturated carbocycles. The smallest absolute Gasteiger partial charge is 0.305 e. The van der Waals surface area contributed by atoms with Crippen molar-refractivity contribution in [3.05, 3.63) is 34.9 Å². The van der Waals surface area contributed by atoms with Gasteiger partial charge in [-0.2, -0.15) is 0 Å². The molecule has 0 aromatic heterocycles. The van der Waals surface area contributed by atoms with E-state index in [0.29, 0.717) is 6.42 Å². The molecule has 0 radical (unpaired) electrons. The fourth-order valence-corrected chi connectivity index (χ4v) is 2.27. The third-order valence-corrected chi connectivity index (χ3v) is 3.81. The second-order valence-corrected chi connectivity index (χ2v) is 6.69. The largest absolute Gasteiger partial charge is 0.463 e. The number of ether oxygens (including phenoxy) is 1. The highest BCUT2D eigenvalue weighted by Crippen LogP contribution is 2.13. The molecule has 0 aromatic carbocycles. The van der Waals surface area contributed by atoms with E-state index in [1.165, 1.54) is 16.7 Å². The summed E-state index contributed by atoms with van der Waals surface area (Å²) in [6, 6.07) is 0. The van der Waals surface area contributed by atoms with Gasteiger partial charge in [0.05, 0.1) is 6.10 Å². The summed E-state index contributed by atoms with van der Waals surface area (Å²) in [4.78, 5) is 11.2. The Morgan fingerprint density at radius 3 is 1.96 bits per heavy atom. The summed E-state index contributed by atoms with van der Waals surface area (Å²) in [7, 11) is 0. The average Bonchev–Trinajstić information content (AvgIpc) is 2.46. The van der Waals surface area contributed by atoms with E-state index in [1.54, 1.807) is 0 Å². The minimum atomic E-state index is -0.105. The molecule has 0 aromatic rings. The van der Waals surface area contributed by atoms with E-state index < -0.39 is 0 Å². The van der Waals surface area contributed by atoms with Crippen molar-refractivity contribution in [1.29, 1.82) is 0 Å². The summed E-state index contributed by atoms with van der Waals surface area (Å²) in [6.45, 7) is 12.5. The van der Waals surface area contributed by atoms with Crippen molar-refractivity contribution in [2.24, 2.45) is 0 Å². The summed E-state index contributed by atoms with van der Waals surface area (Å²) in [6.07, 6.45) is 13.8. The van der Waals surface area contributed by atoms with Crippen LogP contribution in [0.2, 0.25) is 0 Å². The topological polar surface area (TPSA) is 26.3 Å². The van der Waals surface area contributed by atoms with Crippen LogP contribution >= 0.6 is 0 Å². The molecule has 0 bridgehead atoms. The Hall–Kier alpha value is -1.31. The number of hydrogen-bond acceptors (Lipinski definition) is 2. The molecular formula is C21H36O2. The predicted molar refractivity (Wildman–Crippen MR) is 100 cm³/mol. The molecule has 23 heavy (non-hydrogen) atoms. The highest BCUT2D eigenvalue weighted by atomic mass is 16.5. The maximum atomic E-state index is 11.2. The zero-order valence-electron chi connectivity index (χ0n) is 16.1. The quantitative estimate of drug-likeness (QED) is 0.319. The van der Waals surface area contributed by atoms with Crippen LogP contribution in [0.5, 0.6) is 0 Å². The molecule has 2 nitrogen and oxygen atoms in total. The van der Waals surface area contributed by atoms with Crippen LogP contribution in [0, 0.1) is 0 Å². The first kappa shape index (κ1) is 21.7. The Labute approximate surface area is 143 Å². The van der Waals surface area contributed by atoms with Gasteiger partial charge in [-0.25, -0.2) is 0 Å². The van der Waals surface area contributed by atoms with Gasteiger partial charge in [0.1, 0.15) is 0 Å². The lowest BCUT2D eigenvalue weighted by molar-refractivity contribution is -0.148. The van der Waals surface area contributed by atoms with Gasteiger partial charge in [-0.1, -0.05) is 41.9 Å². The molecule has 2 heteroatoms. The fraction of sp³-hybridized carbons (Fsp3) is 0.667. The minimum Gasteiger partial charge on any atom is -0.463 e. The van der Waals surface area contributed by atoms with E-state index in [-0.39, 0.29) is 12.1 Å². The Kier molecular flexibility index (Phi) is 12.4. The van der Waals surface area contributed by atoms with Gasteiger partial charge >= 0.3 is 5.97 Å². The van der Waals surface area contributed by atoms with Gasteiger partial charge in [-0.15, -0.1) is 0 Å². The second-order valence-electron chi connectivity index (χ2n) is 6.69. The predicted octanol–water partition coefficient (Wildman–Crippen LogP) is 6.53. The molecule has 0 aliphatic carbocycles. The molecule has 0 aliphatic rings. The molecule has 0 rings (SSSR count). The van der Waals surface area contributed by atoms with Gasteiger partial charge in [-0.05, 0) is 73.1 Å². The van der Waals surface area contributed by atoms with E-state index in [2.05, 4.69) is 45.9 Å². The van der Waals surface area contributed by atoms with Gasteiger partial charge in [0.2, 0.25) is 0 Å². The first-order valence-corrected chi connectivity index (χ1v) is 8.99. The zero-order valence-corrected chi connectivity index (χ0v) is 16.1. The van der Waals surface area contributed by atoms with Crippen LogP contribution in [0.15, 0.2) is 34.9 Å². The first-order chi connectivity index (χ1) is 10.8. The van der Waals surface area contributed by atoms with Crippen molar-refractivity contribution in [3.8, 4) is 0 Å². The summed E-state index contributed by atoms with van der Waals surface area (Å²) in [5, 5.41) is 0. The number of carbonyl (C=O) groups is 1. The maximum Gasteiger partial charge on any atom is 0.305 e. The lowest BCUT2D eigenvalue weighted by Crippen LogP contribution is -2.13. The van der Waals surface area contributed by atoms with Crippen LogP contribution in [0.4, 0.5) is 0 Å². The molecule has 0 amide bonds. The number of rotatable bonds is 11. The van der Waals surface area contributed by atoms with Gasteiger partial charge in [-0.3, -0.25) is 4.79 Å². The summed E-state index contributed by atoms with van der Waals surface area (Å²) >= 11 is 0. The Balaban J connectivity index is 3.93. The summed E-state index contributed by atoms with van der Waals surface area (Å²) in [5.41, 5.74) is 4.30. The number of carbonyl (C=O) groups excluding carboxylic acids is 1. The van der Waals surface area contributed by atoms with Gasteiger partial charge in [0.15, 0.2) is 0 Å². The van der Waals surface area contributed by atoms with Gasteiger partial charge in [0, 0.05) is 6.42 Å². The van der Waals surface area contributed by atoms with E-state index in [0.717, 1.165) is 38.5 Å². The summed E-state index contributed by atoms with van der Waals surface area (Å²) in [5.74, 6) is -0.105. The lowest BCUT2D eigenvalue weighted by atomic mass is 10.1. The molecule has 1 atom stereocenters. The van der Waals surface area contributed by atoms with E-state index in [4.69, 9.17) is 4.74 Å². The van der Waals surface area contributed by atoms with Crippen molar-refractivity contribution < 1.29 is 9.53 Å². The molecule has 0 heterocycles. The lowest BCUT2D eigenvalue weighted by Gasteiger charge is -2.11. The van der Waals surface area contributed by atoms with Crippen LogP contribution < -0.4 is 0 Å². The molecule has 132 valence electrons. The van der Waals surface area contributed by atoms with Crippen LogP contribution in [0.25, 0.3) is 0 Å². The first-order valence-electron chi connectivity index (χ1n) is 8.99. The average molecular weight is 321 g/mol. The van der Waals surface area contributed by atoms with Crippen molar-refractivity contribution in [2.75, 3.05) is 0 Å². The molecule has 0 N–H and O–H groups in total. The highest BCUT2D eigenvalue weighted by Gasteiger charge is 2.06. The molecule has 1 unspecified atom stereocenters. The highest BCUT2D eigenvalue weighted by molar-refractivity contribution is 5.69. The SMILES string of the molecule is CCC(=O)OC(C)CCC=C(C)CCC=C(C)CCC=C(C)C. The van der Waals surface area contributed by atoms with E-state index >= 15 is 0 Å². The second kappa shape index (κ2) is 13.2. The van der Waals surface area contributed by atoms with Crippen LogP contribution in [0.1, 0.15) is 86.5 Å². The minimum absolute atomic E-state index is 0.0173. The molecule has 0 aliphatic heterocycles. The van der Waals surface area contributed by atoms with Crippen LogP contribution in [0.3, 0.4) is 0 Å². The molecule has 0 spiro atoms. The normalized spacial score (nSPS) is 13.7. The molecule has 0 fully saturated rings. The number of allylic oxidation sites excluding steroid dienone is 6. The monoisotopic (exact) mass is 320 g/mol. The molecular weight excluding hydrogens is 284 g/mol. The van der Waals surface area contributed by atoms with Crippen molar-refractivity contribution in [3.63, 3.8) is 0 Å². The Morgan fingerprint density at radius 2 is 1.43 bits per heavy atom. The van der Waals surface area contributed by atoms with E-state index in [9.17, 15) is 4.79 Å². The van der Waals surface area contributed by atoms with Crippen molar-refractivity contribution in [2.45, 2.75) is 92.6 Å². The third kappa shape index (κ3) is 14.0. The maximum absolute atomic E-state index is 11.2. The third-order valence-electron chi connectivity index (χ3n) is 3.81. The van der Waals surface area contributed by atoms with Gasteiger partial charge < -0.3 is 4.74 Å². The summed E-state index contributed by atoms with van der Waals surface area (Å²) < 4.78 is 5.27. The van der Waals surface area contributed by atoms with Crippen molar-refractivity contribution in [1.82, 2.24) is 0 Å². The number of esters is 1. The van der Waals surface area contributed by atoms with Crippen LogP contribution in [-0.4, -0.2) is 12.1 Å². The molecule has 0 saturated heterocycles. The van der Waals surface area contributed by atoms with Gasteiger partial charge in [0.25, 0.3) is 0 Å². The zero-order chi connectivity index (χ0) is 17.7. The van der Waals surface area contributed by atoms with Crippen LogP contribution in [-0.2, 0) is 9.53 Å². The van der Waals surface area contributed by atoms with E-state index in [1.807, 2.05) is 13.8 Å². The van der Waals surface area contributed by atoms with Crippen molar-refractivity contribution >= 4 is 5.97 Å². The fourth-order valence-electron chi connectivity index (χ4n) is 2.27. The Bertz CT molecular complexity index is 423. The Morgan fingerprint density at radius 1 is 0.913 bits per heavy atom.